The Hall–Kier alpha value is -2.95. The summed E-state index contributed by atoms with van der Waals surface area (Å²) in [7, 11) is 4.50. The zero-order valence-corrected chi connectivity index (χ0v) is 13.1. The molecule has 1 aromatic heterocycles. The van der Waals surface area contributed by atoms with E-state index in [2.05, 4.69) is 0 Å². The summed E-state index contributed by atoms with van der Waals surface area (Å²) in [6, 6.07) is 12.9. The van der Waals surface area contributed by atoms with Crippen LogP contribution in [0, 0.1) is 0 Å². The lowest BCUT2D eigenvalue weighted by Crippen LogP contribution is -2.05. The van der Waals surface area contributed by atoms with Crippen molar-refractivity contribution in [3.63, 3.8) is 0 Å². The van der Waals surface area contributed by atoms with E-state index in [1.807, 2.05) is 30.3 Å². The van der Waals surface area contributed by atoms with Gasteiger partial charge in [0.1, 0.15) is 11.1 Å². The fourth-order valence-electron chi connectivity index (χ4n) is 2.57. The first kappa shape index (κ1) is 15.0. The van der Waals surface area contributed by atoms with Crippen LogP contribution in [0.5, 0.6) is 17.2 Å². The topological polar surface area (TPSA) is 57.9 Å². The van der Waals surface area contributed by atoms with Gasteiger partial charge in [-0.15, -0.1) is 0 Å². The molecule has 0 N–H and O–H groups in total. The van der Waals surface area contributed by atoms with Gasteiger partial charge in [-0.1, -0.05) is 30.3 Å². The van der Waals surface area contributed by atoms with Crippen LogP contribution in [0.2, 0.25) is 0 Å². The number of methoxy groups -OCH3 is 3. The highest BCUT2D eigenvalue weighted by Crippen LogP contribution is 2.42. The van der Waals surface area contributed by atoms with Crippen molar-refractivity contribution < 1.29 is 18.6 Å². The number of ether oxygens (including phenoxy) is 3. The van der Waals surface area contributed by atoms with Crippen molar-refractivity contribution in [1.29, 1.82) is 0 Å². The maximum absolute atomic E-state index is 12.5. The van der Waals surface area contributed by atoms with Crippen LogP contribution in [0.25, 0.3) is 22.1 Å². The molecular weight excluding hydrogens is 296 g/mol. The van der Waals surface area contributed by atoms with Crippen molar-refractivity contribution in [1.82, 2.24) is 0 Å². The highest BCUT2D eigenvalue weighted by atomic mass is 16.5. The summed E-state index contributed by atoms with van der Waals surface area (Å²) in [5.41, 5.74) is 0.333. The maximum Gasteiger partial charge on any atom is 0.348 e. The van der Waals surface area contributed by atoms with E-state index in [0.717, 1.165) is 5.56 Å². The minimum atomic E-state index is -0.487. The standard InChI is InChI=1S/C18H16O5/c1-20-14-10-12-9-13(11-7-5-4-6-8-11)23-18(19)15(12)17(22-3)16(14)21-2/h4-10H,1-3H3. The van der Waals surface area contributed by atoms with Gasteiger partial charge in [0, 0.05) is 10.9 Å². The van der Waals surface area contributed by atoms with Crippen LogP contribution >= 0.6 is 0 Å². The molecule has 3 rings (SSSR count). The molecule has 2 aromatic carbocycles. The van der Waals surface area contributed by atoms with Gasteiger partial charge in [-0.25, -0.2) is 4.79 Å². The molecule has 23 heavy (non-hydrogen) atoms. The van der Waals surface area contributed by atoms with Crippen LogP contribution in [-0.2, 0) is 0 Å². The average Bonchev–Trinajstić information content (AvgIpc) is 2.60. The van der Waals surface area contributed by atoms with Crippen molar-refractivity contribution in [2.24, 2.45) is 0 Å². The second kappa shape index (κ2) is 6.04. The summed E-state index contributed by atoms with van der Waals surface area (Å²) in [4.78, 5) is 12.5. The third-order valence-corrected chi connectivity index (χ3v) is 3.61. The summed E-state index contributed by atoms with van der Waals surface area (Å²) >= 11 is 0. The van der Waals surface area contributed by atoms with Crippen molar-refractivity contribution in [3.8, 4) is 28.6 Å². The Kier molecular flexibility index (Phi) is 3.93. The second-order valence-electron chi connectivity index (χ2n) is 4.87. The van der Waals surface area contributed by atoms with E-state index in [0.29, 0.717) is 33.8 Å². The van der Waals surface area contributed by atoms with Gasteiger partial charge in [-0.2, -0.15) is 0 Å². The molecule has 0 unspecified atom stereocenters. The lowest BCUT2D eigenvalue weighted by atomic mass is 10.1. The maximum atomic E-state index is 12.5. The fraction of sp³-hybridized carbons (Fsp3) is 0.167. The molecule has 0 saturated carbocycles. The molecule has 5 heteroatoms. The van der Waals surface area contributed by atoms with Crippen molar-refractivity contribution in [2.45, 2.75) is 0 Å². The van der Waals surface area contributed by atoms with Crippen LogP contribution in [-0.4, -0.2) is 21.3 Å². The Balaban J connectivity index is 2.36. The second-order valence-corrected chi connectivity index (χ2v) is 4.87. The van der Waals surface area contributed by atoms with Gasteiger partial charge in [0.2, 0.25) is 5.75 Å². The molecule has 3 aromatic rings. The third kappa shape index (κ3) is 2.50. The van der Waals surface area contributed by atoms with E-state index in [9.17, 15) is 4.79 Å². The van der Waals surface area contributed by atoms with Crippen LogP contribution in [0.3, 0.4) is 0 Å². The molecule has 0 amide bonds. The Morgan fingerprint density at radius 3 is 2.17 bits per heavy atom. The lowest BCUT2D eigenvalue weighted by Gasteiger charge is -2.14. The lowest BCUT2D eigenvalue weighted by molar-refractivity contribution is 0.326. The highest BCUT2D eigenvalue weighted by Gasteiger charge is 2.20. The molecule has 0 bridgehead atoms. The molecule has 0 aliphatic carbocycles. The van der Waals surface area contributed by atoms with Gasteiger partial charge in [0.25, 0.3) is 0 Å². The predicted octanol–water partition coefficient (Wildman–Crippen LogP) is 3.49. The predicted molar refractivity (Wildman–Crippen MR) is 87.6 cm³/mol. The number of hydrogen-bond acceptors (Lipinski definition) is 5. The van der Waals surface area contributed by atoms with E-state index in [4.69, 9.17) is 18.6 Å². The molecule has 0 aliphatic heterocycles. The normalized spacial score (nSPS) is 10.6. The number of benzene rings is 2. The van der Waals surface area contributed by atoms with E-state index >= 15 is 0 Å². The van der Waals surface area contributed by atoms with Gasteiger partial charge in [-0.05, 0) is 12.1 Å². The van der Waals surface area contributed by atoms with Crippen molar-refractivity contribution in [3.05, 3.63) is 52.9 Å². The molecule has 1 heterocycles. The molecular formula is C18H16O5. The van der Waals surface area contributed by atoms with Crippen LogP contribution in [0.1, 0.15) is 0 Å². The molecule has 0 radical (unpaired) electrons. The van der Waals surface area contributed by atoms with Crippen LogP contribution in [0.4, 0.5) is 0 Å². The van der Waals surface area contributed by atoms with E-state index in [1.54, 1.807) is 12.1 Å². The van der Waals surface area contributed by atoms with E-state index in [-0.39, 0.29) is 0 Å². The zero-order valence-electron chi connectivity index (χ0n) is 13.1. The van der Waals surface area contributed by atoms with Gasteiger partial charge in [0.15, 0.2) is 11.5 Å². The van der Waals surface area contributed by atoms with Gasteiger partial charge in [-0.3, -0.25) is 0 Å². The quantitative estimate of drug-likeness (QED) is 0.738. The van der Waals surface area contributed by atoms with E-state index in [1.165, 1.54) is 21.3 Å². The first-order valence-electron chi connectivity index (χ1n) is 7.01. The van der Waals surface area contributed by atoms with E-state index < -0.39 is 5.63 Å². The van der Waals surface area contributed by atoms with Crippen LogP contribution in [0.15, 0.2) is 51.7 Å². The summed E-state index contributed by atoms with van der Waals surface area (Å²) in [6.07, 6.45) is 0. The first-order valence-corrected chi connectivity index (χ1v) is 7.01. The molecule has 5 nitrogen and oxygen atoms in total. The Bertz CT molecular complexity index is 897. The third-order valence-electron chi connectivity index (χ3n) is 3.61. The highest BCUT2D eigenvalue weighted by molar-refractivity contribution is 5.93. The largest absolute Gasteiger partial charge is 0.493 e. The molecule has 0 saturated heterocycles. The molecule has 0 spiro atoms. The Morgan fingerprint density at radius 2 is 1.57 bits per heavy atom. The summed E-state index contributed by atoms with van der Waals surface area (Å²) in [5.74, 6) is 1.64. The smallest absolute Gasteiger partial charge is 0.348 e. The summed E-state index contributed by atoms with van der Waals surface area (Å²) in [5, 5.41) is 0.986. The average molecular weight is 312 g/mol. The zero-order chi connectivity index (χ0) is 16.4. The van der Waals surface area contributed by atoms with Gasteiger partial charge >= 0.3 is 5.63 Å². The minimum Gasteiger partial charge on any atom is -0.493 e. The van der Waals surface area contributed by atoms with Crippen LogP contribution < -0.4 is 19.8 Å². The Labute approximate surface area is 133 Å². The summed E-state index contributed by atoms with van der Waals surface area (Å²) in [6.45, 7) is 0. The summed E-state index contributed by atoms with van der Waals surface area (Å²) < 4.78 is 21.5. The number of fused-ring (bicyclic) bond motifs is 1. The molecule has 0 aliphatic rings. The van der Waals surface area contributed by atoms with Crippen molar-refractivity contribution in [2.75, 3.05) is 21.3 Å². The van der Waals surface area contributed by atoms with Crippen molar-refractivity contribution >= 4 is 10.8 Å². The molecule has 0 fully saturated rings. The number of hydrogen-bond donors (Lipinski definition) is 0. The first-order chi connectivity index (χ1) is 11.2. The molecule has 118 valence electrons. The minimum absolute atomic E-state index is 0.301. The molecule has 0 atom stereocenters. The monoisotopic (exact) mass is 312 g/mol. The number of rotatable bonds is 4. The fourth-order valence-corrected chi connectivity index (χ4v) is 2.57. The Morgan fingerprint density at radius 1 is 0.870 bits per heavy atom. The van der Waals surface area contributed by atoms with Gasteiger partial charge in [0.05, 0.1) is 21.3 Å². The van der Waals surface area contributed by atoms with Gasteiger partial charge < -0.3 is 18.6 Å². The SMILES string of the molecule is COc1cc2cc(-c3ccccc3)oc(=O)c2c(OC)c1OC.